The molecule has 1 N–H and O–H groups in total. The monoisotopic (exact) mass is 390 g/mol. The number of amides is 2. The van der Waals surface area contributed by atoms with Gasteiger partial charge in [0.1, 0.15) is 5.76 Å². The van der Waals surface area contributed by atoms with E-state index in [2.05, 4.69) is 10.5 Å². The van der Waals surface area contributed by atoms with Crippen LogP contribution in [0.1, 0.15) is 17.7 Å². The smallest absolute Gasteiger partial charge is 0.270 e. The van der Waals surface area contributed by atoms with Gasteiger partial charge in [-0.15, -0.1) is 0 Å². The third-order valence-electron chi connectivity index (χ3n) is 4.08. The number of halogens is 1. The zero-order chi connectivity index (χ0) is 19.4. The third-order valence-corrected chi connectivity index (χ3v) is 4.43. The van der Waals surface area contributed by atoms with Crippen molar-refractivity contribution >= 4 is 35.3 Å². The Hall–Kier alpha value is -3.20. The number of nitrogens with zero attached hydrogens (tertiary/aromatic N) is 3. The van der Waals surface area contributed by atoms with Gasteiger partial charge in [0, 0.05) is 35.7 Å². The lowest BCUT2D eigenvalue weighted by atomic mass is 10.1. The quantitative estimate of drug-likeness (QED) is 0.461. The second-order valence-corrected chi connectivity index (χ2v) is 6.36. The van der Waals surface area contributed by atoms with Crippen molar-refractivity contribution < 1.29 is 18.9 Å². The number of nitro benzene ring substituents is 1. The van der Waals surface area contributed by atoms with Crippen molar-refractivity contribution in [2.75, 3.05) is 6.54 Å². The fourth-order valence-corrected chi connectivity index (χ4v) is 2.86. The van der Waals surface area contributed by atoms with Gasteiger partial charge in [-0.2, -0.15) is 5.10 Å². The lowest BCUT2D eigenvalue weighted by Gasteiger charge is -2.14. The number of nitrogens with one attached hydrogen (secondary N) is 1. The molecule has 140 valence electrons. The number of likely N-dealkylation sites (tertiary alicyclic amines) is 1. The second-order valence-electron chi connectivity index (χ2n) is 5.95. The van der Waals surface area contributed by atoms with E-state index in [-0.39, 0.29) is 29.6 Å². The van der Waals surface area contributed by atoms with E-state index < -0.39 is 16.7 Å². The number of furan rings is 1. The Morgan fingerprint density at radius 3 is 3.00 bits per heavy atom. The molecule has 2 aromatic rings. The van der Waals surface area contributed by atoms with Gasteiger partial charge in [0.2, 0.25) is 11.8 Å². The van der Waals surface area contributed by atoms with E-state index in [0.717, 1.165) is 0 Å². The van der Waals surface area contributed by atoms with Gasteiger partial charge in [0.25, 0.3) is 5.69 Å². The summed E-state index contributed by atoms with van der Waals surface area (Å²) in [4.78, 5) is 36.1. The van der Waals surface area contributed by atoms with E-state index in [9.17, 15) is 19.7 Å². The van der Waals surface area contributed by atoms with Gasteiger partial charge in [-0.05, 0) is 18.2 Å². The Balaban J connectivity index is 1.58. The molecule has 0 radical (unpaired) electrons. The predicted octanol–water partition coefficient (Wildman–Crippen LogP) is 2.34. The molecule has 0 spiro atoms. The Labute approximate surface area is 158 Å². The topological polar surface area (TPSA) is 118 Å². The van der Waals surface area contributed by atoms with Crippen LogP contribution in [0.15, 0.2) is 46.1 Å². The number of hydrogen-bond acceptors (Lipinski definition) is 6. The van der Waals surface area contributed by atoms with Crippen molar-refractivity contribution in [3.63, 3.8) is 0 Å². The summed E-state index contributed by atoms with van der Waals surface area (Å²) in [5.41, 5.74) is 2.51. The Morgan fingerprint density at radius 1 is 1.48 bits per heavy atom. The predicted molar refractivity (Wildman–Crippen MR) is 96.1 cm³/mol. The highest BCUT2D eigenvalue weighted by Crippen LogP contribution is 2.22. The van der Waals surface area contributed by atoms with Crippen molar-refractivity contribution in [2.45, 2.75) is 13.0 Å². The van der Waals surface area contributed by atoms with E-state index in [1.54, 1.807) is 17.0 Å². The molecule has 0 saturated carbocycles. The fraction of sp³-hybridized carbons (Fsp3) is 0.235. The molecule has 2 heterocycles. The van der Waals surface area contributed by atoms with Gasteiger partial charge >= 0.3 is 0 Å². The highest BCUT2D eigenvalue weighted by atomic mass is 35.5. The summed E-state index contributed by atoms with van der Waals surface area (Å²) in [7, 11) is 0. The van der Waals surface area contributed by atoms with Crippen molar-refractivity contribution in [1.29, 1.82) is 0 Å². The van der Waals surface area contributed by atoms with E-state index in [4.69, 9.17) is 16.0 Å². The maximum atomic E-state index is 12.2. The molecule has 27 heavy (non-hydrogen) atoms. The lowest BCUT2D eigenvalue weighted by molar-refractivity contribution is -0.384. The summed E-state index contributed by atoms with van der Waals surface area (Å²) in [6.45, 7) is 0.570. The standard InChI is InChI=1S/C17H15ClN4O5/c18-15-4-3-13(22(25)26)6-11(15)8-19-20-17(24)12-7-16(23)21(9-12)10-14-2-1-5-27-14/h1-6,8,12H,7,9-10H2,(H,20,24)/b19-8+. The minimum absolute atomic E-state index is 0.0830. The first-order chi connectivity index (χ1) is 12.9. The SMILES string of the molecule is O=C(N/N=C/c1cc([N+](=O)[O-])ccc1Cl)C1CC(=O)N(Cc2ccco2)C1. The molecule has 1 fully saturated rings. The molecule has 1 saturated heterocycles. The molecule has 0 bridgehead atoms. The summed E-state index contributed by atoms with van der Waals surface area (Å²) in [6.07, 6.45) is 2.83. The lowest BCUT2D eigenvalue weighted by Crippen LogP contribution is -2.30. The molecule has 1 aromatic heterocycles. The summed E-state index contributed by atoms with van der Waals surface area (Å²) < 4.78 is 5.21. The van der Waals surface area contributed by atoms with Crippen LogP contribution in [-0.2, 0) is 16.1 Å². The molecule has 1 atom stereocenters. The van der Waals surface area contributed by atoms with Crippen LogP contribution in [0.4, 0.5) is 5.69 Å². The fourth-order valence-electron chi connectivity index (χ4n) is 2.69. The molecule has 3 rings (SSSR count). The summed E-state index contributed by atoms with van der Waals surface area (Å²) in [5.74, 6) is -0.451. The molecule has 0 aliphatic carbocycles. The Morgan fingerprint density at radius 2 is 2.30 bits per heavy atom. The number of hydrazone groups is 1. The zero-order valence-corrected chi connectivity index (χ0v) is 14.8. The molecule has 1 aliphatic heterocycles. The average Bonchev–Trinajstić information content (AvgIpc) is 3.27. The van der Waals surface area contributed by atoms with Crippen LogP contribution >= 0.6 is 11.6 Å². The number of rotatable bonds is 6. The molecule has 1 aromatic carbocycles. The number of carbonyl (C=O) groups is 2. The minimum Gasteiger partial charge on any atom is -0.467 e. The first kappa shape index (κ1) is 18.6. The normalized spacial score (nSPS) is 16.9. The van der Waals surface area contributed by atoms with Crippen LogP contribution < -0.4 is 5.43 Å². The molecule has 10 heteroatoms. The van der Waals surface area contributed by atoms with Gasteiger partial charge in [0.05, 0.1) is 29.9 Å². The van der Waals surface area contributed by atoms with Crippen molar-refractivity contribution in [1.82, 2.24) is 10.3 Å². The molecular weight excluding hydrogens is 376 g/mol. The van der Waals surface area contributed by atoms with E-state index in [1.165, 1.54) is 30.7 Å². The highest BCUT2D eigenvalue weighted by molar-refractivity contribution is 6.33. The van der Waals surface area contributed by atoms with Gasteiger partial charge < -0.3 is 9.32 Å². The van der Waals surface area contributed by atoms with Crippen LogP contribution in [-0.4, -0.2) is 34.4 Å². The van der Waals surface area contributed by atoms with E-state index >= 15 is 0 Å². The Kier molecular flexibility index (Phi) is 5.51. The molecule has 1 aliphatic rings. The van der Waals surface area contributed by atoms with Crippen molar-refractivity contribution in [3.05, 3.63) is 63.1 Å². The number of carbonyl (C=O) groups excluding carboxylic acids is 2. The van der Waals surface area contributed by atoms with Crippen LogP contribution in [0.5, 0.6) is 0 Å². The van der Waals surface area contributed by atoms with Crippen molar-refractivity contribution in [3.8, 4) is 0 Å². The van der Waals surface area contributed by atoms with Gasteiger partial charge in [-0.3, -0.25) is 19.7 Å². The molecule has 1 unspecified atom stereocenters. The summed E-state index contributed by atoms with van der Waals surface area (Å²) >= 11 is 5.96. The number of nitro groups is 1. The van der Waals surface area contributed by atoms with Crippen molar-refractivity contribution in [2.24, 2.45) is 11.0 Å². The number of hydrogen-bond donors (Lipinski definition) is 1. The van der Waals surface area contributed by atoms with Gasteiger partial charge in [-0.1, -0.05) is 11.6 Å². The number of non-ortho nitro benzene ring substituents is 1. The zero-order valence-electron chi connectivity index (χ0n) is 14.0. The third kappa shape index (κ3) is 4.50. The molecule has 2 amide bonds. The Bertz CT molecular complexity index is 897. The first-order valence-corrected chi connectivity index (χ1v) is 8.39. The molecular formula is C17H15ClN4O5. The van der Waals surface area contributed by atoms with Crippen LogP contribution in [0, 0.1) is 16.0 Å². The largest absolute Gasteiger partial charge is 0.467 e. The maximum absolute atomic E-state index is 12.2. The molecule has 9 nitrogen and oxygen atoms in total. The first-order valence-electron chi connectivity index (χ1n) is 8.01. The highest BCUT2D eigenvalue weighted by Gasteiger charge is 2.34. The average molecular weight is 391 g/mol. The minimum atomic E-state index is -0.552. The van der Waals surface area contributed by atoms with E-state index in [1.807, 2.05) is 0 Å². The van der Waals surface area contributed by atoms with Crippen LogP contribution in [0.2, 0.25) is 5.02 Å². The van der Waals surface area contributed by atoms with Crippen LogP contribution in [0.3, 0.4) is 0 Å². The number of benzene rings is 1. The summed E-state index contributed by atoms with van der Waals surface area (Å²) in [5, 5.41) is 14.9. The second kappa shape index (κ2) is 8.00. The van der Waals surface area contributed by atoms with E-state index in [0.29, 0.717) is 17.9 Å². The maximum Gasteiger partial charge on any atom is 0.270 e. The summed E-state index contributed by atoms with van der Waals surface area (Å²) in [6, 6.07) is 7.39. The van der Waals surface area contributed by atoms with Gasteiger partial charge in [0.15, 0.2) is 0 Å². The van der Waals surface area contributed by atoms with Crippen LogP contribution in [0.25, 0.3) is 0 Å². The van der Waals surface area contributed by atoms with Gasteiger partial charge in [-0.25, -0.2) is 5.43 Å².